The molecule has 0 saturated carbocycles. The second kappa shape index (κ2) is 8.42. The average molecular weight is 416 g/mol. The minimum atomic E-state index is -3.54. The van der Waals surface area contributed by atoms with Crippen LogP contribution in [0.4, 0.5) is 0 Å². The number of nitrogens with zero attached hydrogens (tertiary/aromatic N) is 3. The molecule has 7 heteroatoms. The summed E-state index contributed by atoms with van der Waals surface area (Å²) in [5.41, 5.74) is 0. The third-order valence-corrected chi connectivity index (χ3v) is 8.19. The van der Waals surface area contributed by atoms with Crippen LogP contribution in [0.15, 0.2) is 47.4 Å². The summed E-state index contributed by atoms with van der Waals surface area (Å²) in [6.45, 7) is 7.39. The second-order valence-electron chi connectivity index (χ2n) is 7.95. The van der Waals surface area contributed by atoms with Gasteiger partial charge in [0.05, 0.1) is 4.90 Å². The maximum atomic E-state index is 13.1. The zero-order chi connectivity index (χ0) is 20.4. The molecule has 29 heavy (non-hydrogen) atoms. The van der Waals surface area contributed by atoms with Crippen LogP contribution in [0.5, 0.6) is 0 Å². The number of piperazine rings is 1. The van der Waals surface area contributed by atoms with Gasteiger partial charge in [0, 0.05) is 45.2 Å². The Morgan fingerprint density at radius 2 is 1.59 bits per heavy atom. The van der Waals surface area contributed by atoms with Crippen molar-refractivity contribution in [1.29, 1.82) is 0 Å². The first-order chi connectivity index (χ1) is 14.0. The number of hydrogen-bond donors (Lipinski definition) is 0. The summed E-state index contributed by atoms with van der Waals surface area (Å²) >= 11 is 0. The van der Waals surface area contributed by atoms with Crippen LogP contribution in [0.2, 0.25) is 0 Å². The highest BCUT2D eigenvalue weighted by Crippen LogP contribution is 2.27. The average Bonchev–Trinajstić information content (AvgIpc) is 2.78. The third-order valence-electron chi connectivity index (χ3n) is 6.29. The lowest BCUT2D eigenvalue weighted by atomic mass is 9.96. The Labute approximate surface area is 173 Å². The molecular formula is C22H29N3O3S. The number of sulfonamides is 1. The third kappa shape index (κ3) is 4.17. The summed E-state index contributed by atoms with van der Waals surface area (Å²) in [4.78, 5) is 17.5. The van der Waals surface area contributed by atoms with E-state index < -0.39 is 10.0 Å². The highest BCUT2D eigenvalue weighted by molar-refractivity contribution is 7.89. The molecule has 2 aromatic rings. The molecule has 2 fully saturated rings. The molecule has 2 aliphatic rings. The maximum Gasteiger partial charge on any atom is 0.243 e. The van der Waals surface area contributed by atoms with E-state index in [0.717, 1.165) is 43.5 Å². The van der Waals surface area contributed by atoms with Crippen LogP contribution in [0.1, 0.15) is 19.8 Å². The van der Waals surface area contributed by atoms with Crippen molar-refractivity contribution in [3.8, 4) is 0 Å². The van der Waals surface area contributed by atoms with Crippen molar-refractivity contribution in [2.45, 2.75) is 24.7 Å². The van der Waals surface area contributed by atoms with Crippen LogP contribution in [-0.4, -0.2) is 74.2 Å². The van der Waals surface area contributed by atoms with Crippen LogP contribution in [0, 0.1) is 5.92 Å². The van der Waals surface area contributed by atoms with Gasteiger partial charge in [0.2, 0.25) is 15.9 Å². The lowest BCUT2D eigenvalue weighted by Gasteiger charge is -2.38. The van der Waals surface area contributed by atoms with Crippen LogP contribution < -0.4 is 0 Å². The molecule has 156 valence electrons. The van der Waals surface area contributed by atoms with Crippen LogP contribution in [-0.2, 0) is 14.8 Å². The number of carbonyl (C=O) groups excluding carboxylic acids is 1. The van der Waals surface area contributed by atoms with Gasteiger partial charge in [0.1, 0.15) is 0 Å². The van der Waals surface area contributed by atoms with Gasteiger partial charge in [-0.3, -0.25) is 4.79 Å². The van der Waals surface area contributed by atoms with E-state index in [1.807, 2.05) is 35.2 Å². The molecule has 2 saturated heterocycles. The van der Waals surface area contributed by atoms with Crippen molar-refractivity contribution in [3.63, 3.8) is 0 Å². The summed E-state index contributed by atoms with van der Waals surface area (Å²) in [5, 5.41) is 1.95. The first kappa shape index (κ1) is 20.3. The molecule has 0 unspecified atom stereocenters. The van der Waals surface area contributed by atoms with Gasteiger partial charge in [-0.1, -0.05) is 37.3 Å². The van der Waals surface area contributed by atoms with Gasteiger partial charge in [-0.2, -0.15) is 4.31 Å². The fraction of sp³-hybridized carbons (Fsp3) is 0.500. The normalized spacial score (nSPS) is 20.2. The van der Waals surface area contributed by atoms with Crippen molar-refractivity contribution in [2.24, 2.45) is 5.92 Å². The molecule has 2 heterocycles. The molecule has 4 rings (SSSR count). The van der Waals surface area contributed by atoms with Crippen LogP contribution in [0.3, 0.4) is 0 Å². The number of likely N-dealkylation sites (N-methyl/N-ethyl adjacent to an activating group) is 1. The number of benzene rings is 2. The van der Waals surface area contributed by atoms with Gasteiger partial charge in [-0.05, 0) is 42.3 Å². The standard InChI is InChI=1S/C22H29N3O3S/c1-2-23-13-15-24(16-14-23)22(26)19-9-11-25(12-10-19)29(27,28)21-8-7-18-5-3-4-6-20(18)17-21/h3-8,17,19H,2,9-16H2,1H3. The Kier molecular flexibility index (Phi) is 5.90. The fourth-order valence-electron chi connectivity index (χ4n) is 4.36. The van der Waals surface area contributed by atoms with Crippen molar-refractivity contribution < 1.29 is 13.2 Å². The molecule has 6 nitrogen and oxygen atoms in total. The van der Waals surface area contributed by atoms with Crippen LogP contribution in [0.25, 0.3) is 10.8 Å². The van der Waals surface area contributed by atoms with E-state index in [1.54, 1.807) is 12.1 Å². The van der Waals surface area contributed by atoms with Gasteiger partial charge >= 0.3 is 0 Å². The molecule has 2 aromatic carbocycles. The Balaban J connectivity index is 1.40. The quantitative estimate of drug-likeness (QED) is 0.769. The summed E-state index contributed by atoms with van der Waals surface area (Å²) in [6.07, 6.45) is 1.19. The molecule has 0 bridgehead atoms. The molecule has 0 spiro atoms. The van der Waals surface area contributed by atoms with E-state index in [0.29, 0.717) is 30.8 Å². The van der Waals surface area contributed by atoms with E-state index >= 15 is 0 Å². The van der Waals surface area contributed by atoms with Crippen molar-refractivity contribution >= 4 is 26.7 Å². The van der Waals surface area contributed by atoms with Crippen molar-refractivity contribution in [2.75, 3.05) is 45.8 Å². The zero-order valence-electron chi connectivity index (χ0n) is 17.0. The predicted molar refractivity (Wildman–Crippen MR) is 114 cm³/mol. The summed E-state index contributed by atoms with van der Waals surface area (Å²) < 4.78 is 27.7. The van der Waals surface area contributed by atoms with Crippen molar-refractivity contribution in [3.05, 3.63) is 42.5 Å². The first-order valence-corrected chi connectivity index (χ1v) is 11.9. The summed E-state index contributed by atoms with van der Waals surface area (Å²) in [7, 11) is -3.54. The minimum absolute atomic E-state index is 0.0637. The first-order valence-electron chi connectivity index (χ1n) is 10.5. The molecule has 0 radical (unpaired) electrons. The number of amides is 1. The lowest BCUT2D eigenvalue weighted by Crippen LogP contribution is -2.51. The Bertz CT molecular complexity index is 976. The Hall–Kier alpha value is -1.96. The minimum Gasteiger partial charge on any atom is -0.340 e. The monoisotopic (exact) mass is 415 g/mol. The topological polar surface area (TPSA) is 60.9 Å². The Morgan fingerprint density at radius 1 is 0.931 bits per heavy atom. The SMILES string of the molecule is CCN1CCN(C(=O)C2CCN(S(=O)(=O)c3ccc4ccccc4c3)CC2)CC1. The Morgan fingerprint density at radius 3 is 2.24 bits per heavy atom. The van der Waals surface area contributed by atoms with Crippen molar-refractivity contribution in [1.82, 2.24) is 14.1 Å². The molecule has 0 N–H and O–H groups in total. The molecule has 2 aliphatic heterocycles. The highest BCUT2D eigenvalue weighted by Gasteiger charge is 2.34. The summed E-state index contributed by atoms with van der Waals surface area (Å²) in [6, 6.07) is 13.0. The predicted octanol–water partition coefficient (Wildman–Crippen LogP) is 2.40. The van der Waals surface area contributed by atoms with E-state index in [4.69, 9.17) is 0 Å². The lowest BCUT2D eigenvalue weighted by molar-refractivity contribution is -0.138. The number of fused-ring (bicyclic) bond motifs is 1. The fourth-order valence-corrected chi connectivity index (χ4v) is 5.87. The second-order valence-corrected chi connectivity index (χ2v) is 9.88. The zero-order valence-corrected chi connectivity index (χ0v) is 17.8. The van der Waals surface area contributed by atoms with E-state index in [9.17, 15) is 13.2 Å². The van der Waals surface area contributed by atoms with Gasteiger partial charge in [-0.25, -0.2) is 8.42 Å². The van der Waals surface area contributed by atoms with Crippen LogP contribution >= 0.6 is 0 Å². The number of rotatable bonds is 4. The number of piperidine rings is 1. The van der Waals surface area contributed by atoms with E-state index in [1.165, 1.54) is 4.31 Å². The number of hydrogen-bond acceptors (Lipinski definition) is 4. The van der Waals surface area contributed by atoms with Gasteiger partial charge in [-0.15, -0.1) is 0 Å². The van der Waals surface area contributed by atoms with Gasteiger partial charge < -0.3 is 9.80 Å². The molecule has 0 aliphatic carbocycles. The number of carbonyl (C=O) groups is 1. The maximum absolute atomic E-state index is 13.1. The van der Waals surface area contributed by atoms with E-state index in [2.05, 4.69) is 11.8 Å². The molecule has 0 atom stereocenters. The molecular weight excluding hydrogens is 386 g/mol. The van der Waals surface area contributed by atoms with E-state index in [-0.39, 0.29) is 11.8 Å². The molecule has 0 aromatic heterocycles. The molecule has 1 amide bonds. The summed E-state index contributed by atoms with van der Waals surface area (Å²) in [5.74, 6) is 0.134. The van der Waals surface area contributed by atoms with Gasteiger partial charge in [0.15, 0.2) is 0 Å². The largest absolute Gasteiger partial charge is 0.340 e. The highest BCUT2D eigenvalue weighted by atomic mass is 32.2. The smallest absolute Gasteiger partial charge is 0.243 e. The van der Waals surface area contributed by atoms with Gasteiger partial charge in [0.25, 0.3) is 0 Å².